The van der Waals surface area contributed by atoms with Crippen LogP contribution in [0.4, 0.5) is 0 Å². The van der Waals surface area contributed by atoms with E-state index in [1.807, 2.05) is 6.07 Å². The SMILES string of the molecule is O=C(/C=C/c1cccnc1)NCCCCCC(=O)NO. The van der Waals surface area contributed by atoms with Gasteiger partial charge < -0.3 is 5.32 Å². The molecule has 3 N–H and O–H groups in total. The number of unbranched alkanes of at least 4 members (excludes halogenated alkanes) is 2. The molecular formula is C14H19N3O3. The van der Waals surface area contributed by atoms with Gasteiger partial charge in [0.1, 0.15) is 0 Å². The maximum atomic E-state index is 11.5. The molecule has 0 spiro atoms. The van der Waals surface area contributed by atoms with E-state index >= 15 is 0 Å². The van der Waals surface area contributed by atoms with Crippen molar-refractivity contribution in [2.45, 2.75) is 25.7 Å². The van der Waals surface area contributed by atoms with Crippen LogP contribution in [0.3, 0.4) is 0 Å². The Kier molecular flexibility index (Phi) is 7.67. The fraction of sp³-hybridized carbons (Fsp3) is 0.357. The molecule has 6 heteroatoms. The zero-order valence-electron chi connectivity index (χ0n) is 11.2. The van der Waals surface area contributed by atoms with Crippen molar-refractivity contribution in [3.8, 4) is 0 Å². The van der Waals surface area contributed by atoms with Crippen molar-refractivity contribution in [3.05, 3.63) is 36.2 Å². The Hall–Kier alpha value is -2.21. The Morgan fingerprint density at radius 3 is 2.85 bits per heavy atom. The zero-order chi connectivity index (χ0) is 14.6. The number of hydrogen-bond donors (Lipinski definition) is 3. The first kappa shape index (κ1) is 15.8. The molecule has 2 amide bonds. The summed E-state index contributed by atoms with van der Waals surface area (Å²) < 4.78 is 0. The van der Waals surface area contributed by atoms with Crippen LogP contribution in [0.15, 0.2) is 30.6 Å². The molecule has 108 valence electrons. The smallest absolute Gasteiger partial charge is 0.243 e. The third-order valence-corrected chi connectivity index (χ3v) is 2.62. The minimum absolute atomic E-state index is 0.151. The van der Waals surface area contributed by atoms with Crippen LogP contribution in [-0.2, 0) is 9.59 Å². The third-order valence-electron chi connectivity index (χ3n) is 2.62. The summed E-state index contributed by atoms with van der Waals surface area (Å²) in [4.78, 5) is 26.2. The molecule has 0 atom stereocenters. The average Bonchev–Trinajstić information content (AvgIpc) is 2.49. The lowest BCUT2D eigenvalue weighted by atomic mass is 10.2. The number of aromatic nitrogens is 1. The first-order valence-corrected chi connectivity index (χ1v) is 6.51. The lowest BCUT2D eigenvalue weighted by molar-refractivity contribution is -0.129. The van der Waals surface area contributed by atoms with Crippen LogP contribution >= 0.6 is 0 Å². The fourth-order valence-corrected chi connectivity index (χ4v) is 1.56. The molecule has 0 aliphatic heterocycles. The molecule has 6 nitrogen and oxygen atoms in total. The van der Waals surface area contributed by atoms with Crippen molar-refractivity contribution in [1.29, 1.82) is 0 Å². The monoisotopic (exact) mass is 277 g/mol. The predicted octanol–water partition coefficient (Wildman–Crippen LogP) is 1.28. The van der Waals surface area contributed by atoms with Gasteiger partial charge in [0.15, 0.2) is 0 Å². The Balaban J connectivity index is 2.09. The molecule has 0 unspecified atom stereocenters. The summed E-state index contributed by atoms with van der Waals surface area (Å²) in [6.07, 6.45) is 9.12. The molecular weight excluding hydrogens is 258 g/mol. The van der Waals surface area contributed by atoms with Crippen LogP contribution in [0.2, 0.25) is 0 Å². The van der Waals surface area contributed by atoms with Gasteiger partial charge in [-0.25, -0.2) is 5.48 Å². The molecule has 0 bridgehead atoms. The van der Waals surface area contributed by atoms with Gasteiger partial charge in [0.2, 0.25) is 11.8 Å². The number of nitrogens with zero attached hydrogens (tertiary/aromatic N) is 1. The highest BCUT2D eigenvalue weighted by Gasteiger charge is 1.99. The highest BCUT2D eigenvalue weighted by molar-refractivity contribution is 5.91. The van der Waals surface area contributed by atoms with Crippen LogP contribution in [0.25, 0.3) is 6.08 Å². The number of nitrogens with one attached hydrogen (secondary N) is 2. The van der Waals surface area contributed by atoms with E-state index in [0.717, 1.165) is 18.4 Å². The maximum Gasteiger partial charge on any atom is 0.243 e. The third kappa shape index (κ3) is 7.27. The Bertz CT molecular complexity index is 446. The highest BCUT2D eigenvalue weighted by atomic mass is 16.5. The van der Waals surface area contributed by atoms with Gasteiger partial charge in [0.25, 0.3) is 0 Å². The number of rotatable bonds is 8. The first-order chi connectivity index (χ1) is 9.72. The topological polar surface area (TPSA) is 91.3 Å². The van der Waals surface area contributed by atoms with Gasteiger partial charge in [-0.05, 0) is 30.5 Å². The summed E-state index contributed by atoms with van der Waals surface area (Å²) in [5.74, 6) is -0.532. The van der Waals surface area contributed by atoms with Crippen LogP contribution < -0.4 is 10.8 Å². The minimum atomic E-state index is -0.381. The fourth-order valence-electron chi connectivity index (χ4n) is 1.56. The van der Waals surface area contributed by atoms with Gasteiger partial charge in [0.05, 0.1) is 0 Å². The van der Waals surface area contributed by atoms with Crippen molar-refractivity contribution in [2.24, 2.45) is 0 Å². The van der Waals surface area contributed by atoms with Crippen LogP contribution in [0.5, 0.6) is 0 Å². The van der Waals surface area contributed by atoms with E-state index in [1.165, 1.54) is 6.08 Å². The van der Waals surface area contributed by atoms with Crippen LogP contribution in [0, 0.1) is 0 Å². The second-order valence-electron chi connectivity index (χ2n) is 4.26. The van der Waals surface area contributed by atoms with E-state index in [4.69, 9.17) is 5.21 Å². The van der Waals surface area contributed by atoms with Gasteiger partial charge in [-0.1, -0.05) is 12.5 Å². The molecule has 1 rings (SSSR count). The summed E-state index contributed by atoms with van der Waals surface area (Å²) in [7, 11) is 0. The molecule has 0 aromatic carbocycles. The van der Waals surface area contributed by atoms with Crippen LogP contribution in [-0.4, -0.2) is 28.6 Å². The van der Waals surface area contributed by atoms with E-state index in [-0.39, 0.29) is 11.8 Å². The van der Waals surface area contributed by atoms with Crippen LogP contribution in [0.1, 0.15) is 31.2 Å². The van der Waals surface area contributed by atoms with Crippen molar-refractivity contribution >= 4 is 17.9 Å². The Morgan fingerprint density at radius 2 is 2.15 bits per heavy atom. The molecule has 0 saturated heterocycles. The zero-order valence-corrected chi connectivity index (χ0v) is 11.2. The van der Waals surface area contributed by atoms with E-state index in [2.05, 4.69) is 10.3 Å². The van der Waals surface area contributed by atoms with Gasteiger partial charge in [0, 0.05) is 31.4 Å². The Labute approximate surface area is 117 Å². The normalized spacial score (nSPS) is 10.4. The van der Waals surface area contributed by atoms with Gasteiger partial charge >= 0.3 is 0 Å². The van der Waals surface area contributed by atoms with Crippen molar-refractivity contribution in [2.75, 3.05) is 6.54 Å². The van der Waals surface area contributed by atoms with Gasteiger partial charge in [-0.3, -0.25) is 19.8 Å². The van der Waals surface area contributed by atoms with E-state index in [0.29, 0.717) is 19.4 Å². The van der Waals surface area contributed by atoms with Crippen molar-refractivity contribution < 1.29 is 14.8 Å². The lowest BCUT2D eigenvalue weighted by Crippen LogP contribution is -2.22. The highest BCUT2D eigenvalue weighted by Crippen LogP contribution is 1.99. The lowest BCUT2D eigenvalue weighted by Gasteiger charge is -2.02. The molecule has 0 fully saturated rings. The van der Waals surface area contributed by atoms with Gasteiger partial charge in [-0.15, -0.1) is 0 Å². The largest absolute Gasteiger partial charge is 0.353 e. The number of carbonyl (C=O) groups is 2. The molecule has 1 aromatic heterocycles. The molecule has 0 aliphatic rings. The summed E-state index contributed by atoms with van der Waals surface area (Å²) in [6.45, 7) is 0.566. The number of pyridine rings is 1. The van der Waals surface area contributed by atoms with Crippen molar-refractivity contribution in [3.63, 3.8) is 0 Å². The van der Waals surface area contributed by atoms with E-state index in [1.54, 1.807) is 30.0 Å². The summed E-state index contributed by atoms with van der Waals surface area (Å²) in [5.41, 5.74) is 2.46. The maximum absolute atomic E-state index is 11.5. The Morgan fingerprint density at radius 1 is 1.30 bits per heavy atom. The molecule has 0 radical (unpaired) electrons. The van der Waals surface area contributed by atoms with E-state index < -0.39 is 0 Å². The predicted molar refractivity (Wildman–Crippen MR) is 74.7 cm³/mol. The summed E-state index contributed by atoms with van der Waals surface area (Å²) >= 11 is 0. The number of hydrogen-bond acceptors (Lipinski definition) is 4. The quantitative estimate of drug-likeness (QED) is 0.289. The molecule has 1 heterocycles. The second-order valence-corrected chi connectivity index (χ2v) is 4.26. The summed E-state index contributed by atoms with van der Waals surface area (Å²) in [6, 6.07) is 3.67. The molecule has 0 saturated carbocycles. The molecule has 0 aliphatic carbocycles. The number of amides is 2. The van der Waals surface area contributed by atoms with E-state index in [9.17, 15) is 9.59 Å². The standard InChI is InChI=1S/C14H19N3O3/c18-13(8-7-12-5-4-9-15-11-12)16-10-3-1-2-6-14(19)17-20/h4-5,7-9,11,20H,1-3,6,10H2,(H,16,18)(H,17,19)/b8-7+. The second kappa shape index (κ2) is 9.69. The first-order valence-electron chi connectivity index (χ1n) is 6.51. The number of hydroxylamine groups is 1. The van der Waals surface area contributed by atoms with Crippen molar-refractivity contribution in [1.82, 2.24) is 15.8 Å². The average molecular weight is 277 g/mol. The van der Waals surface area contributed by atoms with Gasteiger partial charge in [-0.2, -0.15) is 0 Å². The molecule has 20 heavy (non-hydrogen) atoms. The molecule has 1 aromatic rings. The number of carbonyl (C=O) groups excluding carboxylic acids is 2. The minimum Gasteiger partial charge on any atom is -0.353 e. The summed E-state index contributed by atoms with van der Waals surface area (Å²) in [5, 5.41) is 11.1.